The number of alkyl carbamates (subject to hydrolysis) is 1. The lowest BCUT2D eigenvalue weighted by Gasteiger charge is -2.22. The van der Waals surface area contributed by atoms with Gasteiger partial charge >= 0.3 is 24.2 Å². The molecule has 3 heterocycles. The van der Waals surface area contributed by atoms with Crippen molar-refractivity contribution in [2.75, 3.05) is 37.0 Å². The van der Waals surface area contributed by atoms with Crippen LogP contribution in [0.15, 0.2) is 42.5 Å². The summed E-state index contributed by atoms with van der Waals surface area (Å²) in [6, 6.07) is 9.88. The maximum absolute atomic E-state index is 13.3. The van der Waals surface area contributed by atoms with Gasteiger partial charge in [-0.1, -0.05) is 12.1 Å². The zero-order chi connectivity index (χ0) is 37.7. The number of aliphatic carboxylic acids is 1. The van der Waals surface area contributed by atoms with Gasteiger partial charge in [0.25, 0.3) is 5.91 Å². The fourth-order valence-corrected chi connectivity index (χ4v) is 4.69. The van der Waals surface area contributed by atoms with Gasteiger partial charge in [-0.3, -0.25) is 4.79 Å². The highest BCUT2D eigenvalue weighted by molar-refractivity contribution is 5.97. The molecule has 0 fully saturated rings. The molecule has 1 atom stereocenters. The van der Waals surface area contributed by atoms with Crippen molar-refractivity contribution in [1.29, 1.82) is 0 Å². The summed E-state index contributed by atoms with van der Waals surface area (Å²) in [5, 5.41) is 20.4. The maximum atomic E-state index is 13.3. The van der Waals surface area contributed by atoms with Gasteiger partial charge in [-0.25, -0.2) is 9.59 Å². The molecular weight excluding hydrogens is 691 g/mol. The number of anilines is 3. The Morgan fingerprint density at radius 1 is 0.942 bits per heavy atom. The molecule has 18 heteroatoms. The average Bonchev–Trinajstić information content (AvgIpc) is 3.06. The van der Waals surface area contributed by atoms with Crippen LogP contribution in [0.3, 0.4) is 0 Å². The zero-order valence-electron chi connectivity index (χ0n) is 29.0. The molecule has 1 aromatic heterocycles. The van der Waals surface area contributed by atoms with Crippen LogP contribution in [0.4, 0.5) is 35.5 Å². The first-order valence-corrected chi connectivity index (χ1v) is 16.6. The maximum Gasteiger partial charge on any atom is 0.422 e. The molecular formula is C34H42F3N7O8. The van der Waals surface area contributed by atoms with Crippen molar-refractivity contribution in [3.05, 3.63) is 53.6 Å². The molecule has 0 saturated carbocycles. The lowest BCUT2D eigenvalue weighted by molar-refractivity contribution is -0.154. The van der Waals surface area contributed by atoms with Crippen LogP contribution in [0.1, 0.15) is 68.8 Å². The number of hydrogen-bond donors (Lipinski definition) is 5. The van der Waals surface area contributed by atoms with E-state index in [4.69, 9.17) is 18.9 Å². The van der Waals surface area contributed by atoms with Gasteiger partial charge in [-0.05, 0) is 82.7 Å². The number of carboxylic acid groups (broad SMARTS) is 1. The number of halogens is 3. The number of alkyl halides is 3. The van der Waals surface area contributed by atoms with Gasteiger partial charge < -0.3 is 45.3 Å². The van der Waals surface area contributed by atoms with E-state index in [1.54, 1.807) is 20.8 Å². The molecule has 0 saturated heterocycles. The van der Waals surface area contributed by atoms with Gasteiger partial charge in [0.2, 0.25) is 11.9 Å². The van der Waals surface area contributed by atoms with E-state index in [0.717, 1.165) is 24.8 Å². The molecule has 5 N–H and O–H groups in total. The minimum atomic E-state index is -4.63. The number of fused-ring (bicyclic) bond motifs is 10. The van der Waals surface area contributed by atoms with Crippen molar-refractivity contribution in [1.82, 2.24) is 25.6 Å². The topological polar surface area (TPSA) is 195 Å². The summed E-state index contributed by atoms with van der Waals surface area (Å²) >= 11 is 0. The van der Waals surface area contributed by atoms with Crippen LogP contribution in [0, 0.1) is 0 Å². The van der Waals surface area contributed by atoms with Crippen LogP contribution in [-0.2, 0) is 16.1 Å². The monoisotopic (exact) mass is 733 g/mol. The van der Waals surface area contributed by atoms with Crippen LogP contribution in [-0.4, -0.2) is 82.2 Å². The van der Waals surface area contributed by atoms with Gasteiger partial charge in [0, 0.05) is 24.8 Å². The molecule has 2 aliphatic rings. The van der Waals surface area contributed by atoms with Crippen LogP contribution in [0.5, 0.6) is 17.5 Å². The number of carboxylic acids is 1. The minimum absolute atomic E-state index is 0.0609. The number of rotatable bonds is 8. The average molecular weight is 734 g/mol. The first kappa shape index (κ1) is 39.2. The number of ether oxygens (including phenoxy) is 4. The Kier molecular flexibility index (Phi) is 13.7. The number of nitrogens with one attached hydrogen (secondary N) is 4. The van der Waals surface area contributed by atoms with Gasteiger partial charge in [-0.2, -0.15) is 28.1 Å². The lowest BCUT2D eigenvalue weighted by atomic mass is 10.1. The summed E-state index contributed by atoms with van der Waals surface area (Å²) in [7, 11) is 0. The van der Waals surface area contributed by atoms with Crippen molar-refractivity contribution in [3.8, 4) is 17.5 Å². The third-order valence-corrected chi connectivity index (χ3v) is 7.11. The van der Waals surface area contributed by atoms with E-state index in [9.17, 15) is 32.7 Å². The van der Waals surface area contributed by atoms with Crippen molar-refractivity contribution in [2.45, 2.75) is 77.2 Å². The largest absolute Gasteiger partial charge is 0.494 e. The predicted octanol–water partition coefficient (Wildman–Crippen LogP) is 5.60. The summed E-state index contributed by atoms with van der Waals surface area (Å²) in [5.41, 5.74) is 0.454. The number of carbonyl (C=O) groups is 3. The molecule has 6 bridgehead atoms. The standard InChI is InChI=1S/C34H42F3N7O8/c1-33(2,3)52-32(48)41-25(28(46)47)14-15-38-27(45)24-13-10-22-18-26(24)50-17-7-5-4-6-16-49-23-11-8-21(9-12-23)19-39-29-42-30(40-22)44-31(43-29)51-20-34(35,36)37/h8-13,18,25H,4-7,14-17,19-20H2,1-3H3,(H,38,45)(H,41,48)(H,46,47)(H2,39,40,42,43,44)/t25-/m0/s1. The van der Waals surface area contributed by atoms with E-state index in [2.05, 4.69) is 36.2 Å². The highest BCUT2D eigenvalue weighted by atomic mass is 19.4. The van der Waals surface area contributed by atoms with Crippen LogP contribution < -0.4 is 35.5 Å². The number of amides is 2. The number of benzene rings is 2. The first-order valence-electron chi connectivity index (χ1n) is 16.6. The van der Waals surface area contributed by atoms with E-state index in [1.807, 2.05) is 24.3 Å². The Morgan fingerprint density at radius 3 is 2.31 bits per heavy atom. The molecule has 0 spiro atoms. The van der Waals surface area contributed by atoms with Gasteiger partial charge in [0.15, 0.2) is 6.61 Å². The predicted molar refractivity (Wildman–Crippen MR) is 182 cm³/mol. The molecule has 15 nitrogen and oxygen atoms in total. The Balaban J connectivity index is 1.54. The third kappa shape index (κ3) is 13.6. The van der Waals surface area contributed by atoms with E-state index in [-0.39, 0.29) is 49.3 Å². The van der Waals surface area contributed by atoms with Crippen LogP contribution in [0.2, 0.25) is 0 Å². The summed E-state index contributed by atoms with van der Waals surface area (Å²) in [6.45, 7) is 4.18. The SMILES string of the molecule is CC(C)(C)OC(=O)N[C@@H](CCNC(=O)c1ccc2cc1OCCCCCCOc1ccc(cc1)CNc1nc(nc(OCC(F)(F)F)n1)N2)C(=O)O. The zero-order valence-corrected chi connectivity index (χ0v) is 29.0. The Labute approximate surface area is 298 Å². The molecule has 0 unspecified atom stereocenters. The second kappa shape index (κ2) is 18.1. The highest BCUT2D eigenvalue weighted by Crippen LogP contribution is 2.27. The van der Waals surface area contributed by atoms with E-state index in [0.29, 0.717) is 24.5 Å². The van der Waals surface area contributed by atoms with E-state index >= 15 is 0 Å². The molecule has 2 amide bonds. The van der Waals surface area contributed by atoms with Crippen molar-refractivity contribution >= 4 is 35.6 Å². The highest BCUT2D eigenvalue weighted by Gasteiger charge is 2.29. The second-order valence-corrected chi connectivity index (χ2v) is 12.7. The number of carbonyl (C=O) groups excluding carboxylic acids is 2. The molecule has 2 aliphatic heterocycles. The van der Waals surface area contributed by atoms with Crippen molar-refractivity contribution < 1.29 is 51.6 Å². The number of hydrogen-bond acceptors (Lipinski definition) is 12. The van der Waals surface area contributed by atoms with E-state index in [1.165, 1.54) is 18.2 Å². The fourth-order valence-electron chi connectivity index (χ4n) is 4.69. The fraction of sp³-hybridized carbons (Fsp3) is 0.471. The Hall–Kier alpha value is -5.55. The summed E-state index contributed by atoms with van der Waals surface area (Å²) < 4.78 is 60.6. The molecule has 52 heavy (non-hydrogen) atoms. The summed E-state index contributed by atoms with van der Waals surface area (Å²) in [6.07, 6.45) is -2.51. The lowest BCUT2D eigenvalue weighted by Crippen LogP contribution is -2.45. The molecule has 2 aromatic carbocycles. The normalized spacial score (nSPS) is 14.5. The minimum Gasteiger partial charge on any atom is -0.494 e. The van der Waals surface area contributed by atoms with Crippen molar-refractivity contribution in [2.24, 2.45) is 0 Å². The quantitative estimate of drug-likeness (QED) is 0.192. The molecule has 282 valence electrons. The molecule has 5 rings (SSSR count). The molecule has 3 aromatic rings. The summed E-state index contributed by atoms with van der Waals surface area (Å²) in [5.74, 6) is -1.23. The van der Waals surface area contributed by atoms with Crippen LogP contribution >= 0.6 is 0 Å². The molecule has 0 radical (unpaired) electrons. The summed E-state index contributed by atoms with van der Waals surface area (Å²) in [4.78, 5) is 49.4. The van der Waals surface area contributed by atoms with Crippen LogP contribution in [0.25, 0.3) is 0 Å². The Morgan fingerprint density at radius 2 is 1.63 bits per heavy atom. The smallest absolute Gasteiger partial charge is 0.422 e. The number of aromatic nitrogens is 3. The van der Waals surface area contributed by atoms with Gasteiger partial charge in [0.1, 0.15) is 23.1 Å². The third-order valence-electron chi connectivity index (χ3n) is 7.11. The number of nitrogens with zero attached hydrogens (tertiary/aromatic N) is 3. The Bertz CT molecular complexity index is 1670. The second-order valence-electron chi connectivity index (χ2n) is 12.7. The van der Waals surface area contributed by atoms with Crippen molar-refractivity contribution in [3.63, 3.8) is 0 Å². The van der Waals surface area contributed by atoms with Gasteiger partial charge in [0.05, 0.1) is 18.8 Å². The van der Waals surface area contributed by atoms with Gasteiger partial charge in [-0.15, -0.1) is 0 Å². The van der Waals surface area contributed by atoms with E-state index < -0.39 is 48.4 Å². The molecule has 0 aliphatic carbocycles. The first-order chi connectivity index (χ1) is 24.6.